The molecule has 0 bridgehead atoms. The molecule has 4 rings (SSSR count). The van der Waals surface area contributed by atoms with Crippen LogP contribution >= 0.6 is 0 Å². The van der Waals surface area contributed by atoms with Gasteiger partial charge < -0.3 is 5.11 Å². The minimum absolute atomic E-state index is 0.0482. The maximum absolute atomic E-state index is 12.1. The van der Waals surface area contributed by atoms with Gasteiger partial charge in [0.2, 0.25) is 0 Å². The van der Waals surface area contributed by atoms with E-state index in [9.17, 15) is 9.90 Å². The first kappa shape index (κ1) is 15.9. The normalized spacial score (nSPS) is 17.9. The zero-order valence-electron chi connectivity index (χ0n) is 14.6. The largest absolute Gasteiger partial charge is 0.508 e. The topological polar surface area (TPSA) is 37.3 Å². The number of carbonyl (C=O) groups excluding carboxylic acids is 1. The van der Waals surface area contributed by atoms with Crippen LogP contribution in [0, 0.1) is 6.92 Å². The molecule has 2 aliphatic rings. The lowest BCUT2D eigenvalue weighted by Gasteiger charge is -2.37. The lowest BCUT2D eigenvalue weighted by Crippen LogP contribution is -2.49. The third-order valence-electron chi connectivity index (χ3n) is 5.29. The molecule has 0 radical (unpaired) electrons. The van der Waals surface area contributed by atoms with Gasteiger partial charge in [0.25, 0.3) is 0 Å². The summed E-state index contributed by atoms with van der Waals surface area (Å²) in [6, 6.07) is 14.0. The standard InChI is InChI=1S/C22H20O2Si/c1-14-6-4-5-7-17(14)22-18-10-8-15(23)12-20(18)25(2,3)21-13-16(24)9-11-19(21)22/h4-13,23H,1-3H3. The molecular formula is C22H20O2Si. The van der Waals surface area contributed by atoms with Crippen LogP contribution in [0.15, 0.2) is 71.5 Å². The first-order valence-electron chi connectivity index (χ1n) is 8.48. The maximum Gasteiger partial charge on any atom is 0.178 e. The van der Waals surface area contributed by atoms with Gasteiger partial charge in [-0.3, -0.25) is 4.79 Å². The number of benzene rings is 2. The van der Waals surface area contributed by atoms with Crippen molar-refractivity contribution in [1.82, 2.24) is 0 Å². The van der Waals surface area contributed by atoms with Gasteiger partial charge in [-0.05, 0) is 69.4 Å². The Kier molecular flexibility index (Phi) is 3.44. The molecule has 1 heterocycles. The van der Waals surface area contributed by atoms with Gasteiger partial charge in [0.15, 0.2) is 5.78 Å². The van der Waals surface area contributed by atoms with E-state index in [0.29, 0.717) is 0 Å². The lowest BCUT2D eigenvalue weighted by atomic mass is 9.88. The molecule has 124 valence electrons. The molecule has 0 saturated heterocycles. The molecule has 0 fully saturated rings. The van der Waals surface area contributed by atoms with E-state index in [1.807, 2.05) is 30.3 Å². The van der Waals surface area contributed by atoms with E-state index in [-0.39, 0.29) is 11.5 Å². The summed E-state index contributed by atoms with van der Waals surface area (Å²) in [5, 5.41) is 12.4. The van der Waals surface area contributed by atoms with Crippen molar-refractivity contribution in [1.29, 1.82) is 0 Å². The van der Waals surface area contributed by atoms with Crippen molar-refractivity contribution < 1.29 is 9.90 Å². The van der Waals surface area contributed by atoms with Crippen LogP contribution in [0.2, 0.25) is 13.1 Å². The highest BCUT2D eigenvalue weighted by Gasteiger charge is 2.40. The first-order valence-corrected chi connectivity index (χ1v) is 11.5. The van der Waals surface area contributed by atoms with Crippen LogP contribution in [0.4, 0.5) is 0 Å². The predicted molar refractivity (Wildman–Crippen MR) is 105 cm³/mol. The molecule has 25 heavy (non-hydrogen) atoms. The van der Waals surface area contributed by atoms with E-state index >= 15 is 0 Å². The number of allylic oxidation sites excluding steroid dienone is 5. The number of hydrogen-bond acceptors (Lipinski definition) is 2. The SMILES string of the molecule is Cc1ccccc1C1=C2C=CC(=O)C=C2[Si](C)(C)c2cc(O)ccc21. The third-order valence-corrected chi connectivity index (χ3v) is 8.81. The number of aromatic hydroxyl groups is 1. The van der Waals surface area contributed by atoms with E-state index in [4.69, 9.17) is 0 Å². The van der Waals surface area contributed by atoms with Crippen molar-refractivity contribution >= 4 is 24.6 Å². The number of phenols is 1. The van der Waals surface area contributed by atoms with Crippen LogP contribution in [0.3, 0.4) is 0 Å². The van der Waals surface area contributed by atoms with E-state index in [2.05, 4.69) is 32.2 Å². The fourth-order valence-corrected chi connectivity index (χ4v) is 7.02. The van der Waals surface area contributed by atoms with Gasteiger partial charge in [0.05, 0.1) is 0 Å². The molecule has 2 nitrogen and oxygen atoms in total. The van der Waals surface area contributed by atoms with Gasteiger partial charge >= 0.3 is 0 Å². The predicted octanol–water partition coefficient (Wildman–Crippen LogP) is 4.04. The molecule has 1 N–H and O–H groups in total. The molecule has 0 saturated carbocycles. The van der Waals surface area contributed by atoms with E-state index in [0.717, 1.165) is 16.3 Å². The molecule has 2 aromatic carbocycles. The highest BCUT2D eigenvalue weighted by molar-refractivity contribution is 6.98. The summed E-state index contributed by atoms with van der Waals surface area (Å²) in [7, 11) is -2.07. The van der Waals surface area contributed by atoms with E-state index in [1.165, 1.54) is 21.9 Å². The van der Waals surface area contributed by atoms with Crippen LogP contribution in [0.5, 0.6) is 5.75 Å². The number of ketones is 1. The Balaban J connectivity index is 2.14. The number of carbonyl (C=O) groups is 1. The summed E-state index contributed by atoms with van der Waals surface area (Å²) in [6.45, 7) is 6.61. The third kappa shape index (κ3) is 2.35. The highest BCUT2D eigenvalue weighted by atomic mass is 28.3. The molecule has 1 aliphatic heterocycles. The quantitative estimate of drug-likeness (QED) is 0.793. The molecule has 3 heteroatoms. The van der Waals surface area contributed by atoms with Crippen molar-refractivity contribution in [3.05, 3.63) is 88.2 Å². The molecule has 1 aliphatic carbocycles. The fourth-order valence-electron chi connectivity index (χ4n) is 3.96. The number of fused-ring (bicyclic) bond motifs is 2. The summed E-state index contributed by atoms with van der Waals surface area (Å²) in [4.78, 5) is 12.1. The monoisotopic (exact) mass is 344 g/mol. The van der Waals surface area contributed by atoms with Crippen molar-refractivity contribution in [2.45, 2.75) is 20.0 Å². The van der Waals surface area contributed by atoms with Gasteiger partial charge in [-0.25, -0.2) is 0 Å². The number of phenolic OH excluding ortho intramolecular Hbond substituents is 1. The molecule has 2 aromatic rings. The molecule has 0 amide bonds. The number of hydrogen-bond donors (Lipinski definition) is 1. The maximum atomic E-state index is 12.1. The van der Waals surface area contributed by atoms with Gasteiger partial charge in [-0.1, -0.05) is 49.5 Å². The van der Waals surface area contributed by atoms with Crippen LogP contribution < -0.4 is 5.19 Å². The summed E-state index contributed by atoms with van der Waals surface area (Å²) >= 11 is 0. The van der Waals surface area contributed by atoms with E-state index < -0.39 is 8.07 Å². The Morgan fingerprint density at radius 3 is 2.48 bits per heavy atom. The van der Waals surface area contributed by atoms with Crippen molar-refractivity contribution in [2.75, 3.05) is 0 Å². The Hall–Kier alpha value is -2.65. The second-order valence-corrected chi connectivity index (χ2v) is 11.6. The Labute approximate surface area is 148 Å². The zero-order valence-corrected chi connectivity index (χ0v) is 15.6. The minimum atomic E-state index is -2.07. The smallest absolute Gasteiger partial charge is 0.178 e. The molecule has 0 unspecified atom stereocenters. The first-order chi connectivity index (χ1) is 11.9. The van der Waals surface area contributed by atoms with Gasteiger partial charge in [-0.15, -0.1) is 0 Å². The highest BCUT2D eigenvalue weighted by Crippen LogP contribution is 2.42. The second-order valence-electron chi connectivity index (χ2n) is 7.25. The lowest BCUT2D eigenvalue weighted by molar-refractivity contribution is -0.110. The van der Waals surface area contributed by atoms with Crippen LogP contribution in [0.25, 0.3) is 5.57 Å². The summed E-state index contributed by atoms with van der Waals surface area (Å²) < 4.78 is 0. The fraction of sp³-hybridized carbons (Fsp3) is 0.136. The molecule has 0 spiro atoms. The van der Waals surface area contributed by atoms with Crippen LogP contribution in [0.1, 0.15) is 16.7 Å². The number of aryl methyl sites for hydroxylation is 1. The van der Waals surface area contributed by atoms with Crippen molar-refractivity contribution in [3.63, 3.8) is 0 Å². The summed E-state index contributed by atoms with van der Waals surface area (Å²) in [5.74, 6) is 0.331. The van der Waals surface area contributed by atoms with Crippen LogP contribution in [-0.2, 0) is 4.79 Å². The summed E-state index contributed by atoms with van der Waals surface area (Å²) in [5.41, 5.74) is 5.88. The Morgan fingerprint density at radius 2 is 1.72 bits per heavy atom. The van der Waals surface area contributed by atoms with Crippen LogP contribution in [-0.4, -0.2) is 19.0 Å². The van der Waals surface area contributed by atoms with Gasteiger partial charge in [0.1, 0.15) is 13.8 Å². The van der Waals surface area contributed by atoms with Crippen molar-refractivity contribution in [3.8, 4) is 5.75 Å². The molecular weight excluding hydrogens is 324 g/mol. The van der Waals surface area contributed by atoms with Crippen molar-refractivity contribution in [2.24, 2.45) is 0 Å². The van der Waals surface area contributed by atoms with Gasteiger partial charge in [-0.2, -0.15) is 0 Å². The van der Waals surface area contributed by atoms with E-state index in [1.54, 1.807) is 18.2 Å². The second kappa shape index (κ2) is 5.43. The number of rotatable bonds is 1. The molecule has 0 atom stereocenters. The average molecular weight is 344 g/mol. The Morgan fingerprint density at radius 1 is 0.960 bits per heavy atom. The van der Waals surface area contributed by atoms with Gasteiger partial charge in [0, 0.05) is 0 Å². The molecule has 0 aromatic heterocycles. The summed E-state index contributed by atoms with van der Waals surface area (Å²) in [6.07, 6.45) is 5.43. The minimum Gasteiger partial charge on any atom is -0.508 e. The average Bonchev–Trinajstić information content (AvgIpc) is 2.58. The Bertz CT molecular complexity index is 1010. The zero-order chi connectivity index (χ0) is 17.8.